The Labute approximate surface area is 92.2 Å². The molecule has 0 aromatic rings. The molecule has 4 atom stereocenters. The summed E-state index contributed by atoms with van der Waals surface area (Å²) in [5.41, 5.74) is 0.0320. The van der Waals surface area contributed by atoms with E-state index in [1.165, 1.54) is 12.8 Å². The van der Waals surface area contributed by atoms with Crippen molar-refractivity contribution >= 4 is 0 Å². The molecule has 1 saturated carbocycles. The van der Waals surface area contributed by atoms with E-state index in [0.29, 0.717) is 18.2 Å². The minimum absolute atomic E-state index is 0.0320. The van der Waals surface area contributed by atoms with Crippen LogP contribution in [-0.2, 0) is 4.74 Å². The van der Waals surface area contributed by atoms with Gasteiger partial charge in [0, 0.05) is 18.0 Å². The van der Waals surface area contributed by atoms with Crippen LogP contribution in [0.15, 0.2) is 0 Å². The molecule has 0 radical (unpaired) electrons. The largest absolute Gasteiger partial charge is 0.392 e. The first-order valence-corrected chi connectivity index (χ1v) is 6.07. The summed E-state index contributed by atoms with van der Waals surface area (Å²) < 4.78 is 5.75. The van der Waals surface area contributed by atoms with Crippen LogP contribution in [0.4, 0.5) is 0 Å². The van der Waals surface area contributed by atoms with E-state index in [1.807, 2.05) is 0 Å². The highest BCUT2D eigenvalue weighted by molar-refractivity contribution is 5.01. The molecule has 0 spiro atoms. The van der Waals surface area contributed by atoms with Crippen LogP contribution >= 0.6 is 0 Å². The lowest BCUT2D eigenvalue weighted by molar-refractivity contribution is -0.0762. The minimum Gasteiger partial charge on any atom is -0.392 e. The van der Waals surface area contributed by atoms with E-state index in [1.54, 1.807) is 0 Å². The van der Waals surface area contributed by atoms with Crippen molar-refractivity contribution in [2.45, 2.75) is 64.4 Å². The number of ether oxygens (including phenoxy) is 1. The van der Waals surface area contributed by atoms with Gasteiger partial charge >= 0.3 is 0 Å². The second-order valence-corrected chi connectivity index (χ2v) is 5.68. The molecule has 1 saturated heterocycles. The number of rotatable bonds is 3. The Balaban J connectivity index is 1.71. The van der Waals surface area contributed by atoms with Crippen molar-refractivity contribution in [2.24, 2.45) is 5.41 Å². The van der Waals surface area contributed by atoms with Crippen LogP contribution in [0, 0.1) is 5.41 Å². The molecule has 3 heteroatoms. The van der Waals surface area contributed by atoms with Gasteiger partial charge in [-0.05, 0) is 26.2 Å². The maximum Gasteiger partial charge on any atom is 0.0704 e. The topological polar surface area (TPSA) is 41.5 Å². The summed E-state index contributed by atoms with van der Waals surface area (Å²) in [6, 6.07) is 0.451. The summed E-state index contributed by atoms with van der Waals surface area (Å²) in [7, 11) is 0. The molecular formula is C12H23NO2. The van der Waals surface area contributed by atoms with Crippen LogP contribution in [0.25, 0.3) is 0 Å². The fourth-order valence-electron chi connectivity index (χ4n) is 2.56. The number of aliphatic hydroxyl groups excluding tert-OH is 1. The van der Waals surface area contributed by atoms with E-state index in [9.17, 15) is 5.11 Å². The van der Waals surface area contributed by atoms with Gasteiger partial charge in [0.05, 0.1) is 18.3 Å². The summed E-state index contributed by atoms with van der Waals surface area (Å²) in [6.45, 7) is 7.32. The molecular weight excluding hydrogens is 190 g/mol. The number of nitrogens with one attached hydrogen (secondary N) is 1. The fourth-order valence-corrected chi connectivity index (χ4v) is 2.56. The maximum atomic E-state index is 9.61. The lowest BCUT2D eigenvalue weighted by Gasteiger charge is -2.50. The summed E-state index contributed by atoms with van der Waals surface area (Å²) in [6.07, 6.45) is 3.91. The molecule has 0 amide bonds. The van der Waals surface area contributed by atoms with Crippen LogP contribution < -0.4 is 5.32 Å². The first kappa shape index (κ1) is 11.4. The lowest BCUT2D eigenvalue weighted by atomic mass is 9.64. The van der Waals surface area contributed by atoms with Gasteiger partial charge in [-0.15, -0.1) is 0 Å². The highest BCUT2D eigenvalue weighted by Gasteiger charge is 2.47. The second-order valence-electron chi connectivity index (χ2n) is 5.68. The molecule has 2 rings (SSSR count). The van der Waals surface area contributed by atoms with Gasteiger partial charge in [0.15, 0.2) is 0 Å². The summed E-state index contributed by atoms with van der Waals surface area (Å²) >= 11 is 0. The third kappa shape index (κ3) is 2.19. The maximum absolute atomic E-state index is 9.61. The molecule has 3 nitrogen and oxygen atoms in total. The smallest absolute Gasteiger partial charge is 0.0704 e. The van der Waals surface area contributed by atoms with Crippen molar-refractivity contribution in [2.75, 3.05) is 6.54 Å². The van der Waals surface area contributed by atoms with Crippen molar-refractivity contribution in [3.8, 4) is 0 Å². The molecule has 2 N–H and O–H groups in total. The van der Waals surface area contributed by atoms with Gasteiger partial charge in [0.1, 0.15) is 0 Å². The zero-order chi connectivity index (χ0) is 11.1. The Bertz CT molecular complexity index is 230. The Morgan fingerprint density at radius 1 is 1.40 bits per heavy atom. The summed E-state index contributed by atoms with van der Waals surface area (Å²) in [5, 5.41) is 13.1. The normalized spacial score (nSPS) is 44.0. The molecule has 1 heterocycles. The highest BCUT2D eigenvalue weighted by Crippen LogP contribution is 2.40. The van der Waals surface area contributed by atoms with Gasteiger partial charge in [0.2, 0.25) is 0 Å². The Morgan fingerprint density at radius 3 is 2.60 bits per heavy atom. The SMILES string of the molecule is CC1CCC(CNC2CC(O)C2(C)C)O1. The fraction of sp³-hybridized carbons (Fsp3) is 1.00. The first-order valence-electron chi connectivity index (χ1n) is 6.07. The van der Waals surface area contributed by atoms with Crippen LogP contribution in [-0.4, -0.2) is 36.0 Å². The third-order valence-electron chi connectivity index (χ3n) is 4.13. The average molecular weight is 213 g/mol. The Morgan fingerprint density at radius 2 is 2.13 bits per heavy atom. The molecule has 0 aromatic carbocycles. The van der Waals surface area contributed by atoms with E-state index in [2.05, 4.69) is 26.1 Å². The number of hydrogen-bond acceptors (Lipinski definition) is 3. The average Bonchev–Trinajstić information content (AvgIpc) is 2.58. The van der Waals surface area contributed by atoms with Gasteiger partial charge in [0.25, 0.3) is 0 Å². The molecule has 88 valence electrons. The molecule has 0 aromatic heterocycles. The van der Waals surface area contributed by atoms with Gasteiger partial charge in [-0.3, -0.25) is 0 Å². The molecule has 0 bridgehead atoms. The summed E-state index contributed by atoms with van der Waals surface area (Å²) in [4.78, 5) is 0. The molecule has 2 aliphatic rings. The van der Waals surface area contributed by atoms with Crippen molar-refractivity contribution in [1.29, 1.82) is 0 Å². The van der Waals surface area contributed by atoms with Crippen molar-refractivity contribution in [1.82, 2.24) is 5.32 Å². The molecule has 4 unspecified atom stereocenters. The third-order valence-corrected chi connectivity index (χ3v) is 4.13. The standard InChI is InChI=1S/C12H23NO2/c1-8-4-5-9(15-8)7-13-10-6-11(14)12(10,2)3/h8-11,13-14H,4-7H2,1-3H3. The molecule has 2 fully saturated rings. The van der Waals surface area contributed by atoms with Gasteiger partial charge < -0.3 is 15.2 Å². The second kappa shape index (κ2) is 4.04. The molecule has 1 aliphatic carbocycles. The van der Waals surface area contributed by atoms with Crippen molar-refractivity contribution in [3.05, 3.63) is 0 Å². The first-order chi connectivity index (χ1) is 7.00. The molecule has 1 aliphatic heterocycles. The van der Waals surface area contributed by atoms with Crippen LogP contribution in [0.2, 0.25) is 0 Å². The zero-order valence-electron chi connectivity index (χ0n) is 9.99. The monoisotopic (exact) mass is 213 g/mol. The van der Waals surface area contributed by atoms with Crippen LogP contribution in [0.5, 0.6) is 0 Å². The highest BCUT2D eigenvalue weighted by atomic mass is 16.5. The summed E-state index contributed by atoms with van der Waals surface area (Å²) in [5.74, 6) is 0. The predicted molar refractivity (Wildman–Crippen MR) is 59.8 cm³/mol. The quantitative estimate of drug-likeness (QED) is 0.742. The zero-order valence-corrected chi connectivity index (χ0v) is 9.99. The van der Waals surface area contributed by atoms with Crippen LogP contribution in [0.1, 0.15) is 40.0 Å². The van der Waals surface area contributed by atoms with Crippen molar-refractivity contribution < 1.29 is 9.84 Å². The van der Waals surface area contributed by atoms with E-state index >= 15 is 0 Å². The van der Waals surface area contributed by atoms with Gasteiger partial charge in [-0.1, -0.05) is 13.8 Å². The van der Waals surface area contributed by atoms with E-state index in [0.717, 1.165) is 13.0 Å². The molecule has 15 heavy (non-hydrogen) atoms. The van der Waals surface area contributed by atoms with Gasteiger partial charge in [-0.25, -0.2) is 0 Å². The number of hydrogen-bond donors (Lipinski definition) is 2. The minimum atomic E-state index is -0.140. The van der Waals surface area contributed by atoms with E-state index < -0.39 is 0 Å². The van der Waals surface area contributed by atoms with Crippen molar-refractivity contribution in [3.63, 3.8) is 0 Å². The van der Waals surface area contributed by atoms with E-state index in [-0.39, 0.29) is 11.5 Å². The van der Waals surface area contributed by atoms with E-state index in [4.69, 9.17) is 4.74 Å². The Hall–Kier alpha value is -0.120. The Kier molecular flexibility index (Phi) is 3.06. The predicted octanol–water partition coefficient (Wildman–Crippen LogP) is 1.30. The van der Waals surface area contributed by atoms with Gasteiger partial charge in [-0.2, -0.15) is 0 Å². The van der Waals surface area contributed by atoms with Crippen LogP contribution in [0.3, 0.4) is 0 Å². The number of aliphatic hydroxyl groups is 1. The lowest BCUT2D eigenvalue weighted by Crippen LogP contribution is -2.60.